The molecule has 0 N–H and O–H groups in total. The summed E-state index contributed by atoms with van der Waals surface area (Å²) in [5, 5.41) is 0.698. The summed E-state index contributed by atoms with van der Waals surface area (Å²) in [7, 11) is 0. The average molecular weight is 130 g/mol. The topological polar surface area (TPSA) is 0 Å². The van der Waals surface area contributed by atoms with Gasteiger partial charge in [-0.15, -0.1) is 0 Å². The fourth-order valence-corrected chi connectivity index (χ4v) is 1.63. The molecule has 0 nitrogen and oxygen atoms in total. The lowest BCUT2D eigenvalue weighted by Gasteiger charge is -2.23. The third kappa shape index (κ3) is 1.41. The van der Waals surface area contributed by atoms with Crippen LogP contribution in [0.1, 0.15) is 32.6 Å². The highest BCUT2D eigenvalue weighted by Crippen LogP contribution is 2.27. The molecule has 0 bridgehead atoms. The number of hydrogen-bond donors (Lipinski definition) is 1. The average Bonchev–Trinajstić information content (AvgIpc) is 1.77. The van der Waals surface area contributed by atoms with Crippen LogP contribution >= 0.6 is 12.6 Å². The summed E-state index contributed by atoms with van der Waals surface area (Å²) in [5.41, 5.74) is 0. The van der Waals surface area contributed by atoms with E-state index in [2.05, 4.69) is 19.6 Å². The van der Waals surface area contributed by atoms with Crippen molar-refractivity contribution >= 4 is 12.6 Å². The summed E-state index contributed by atoms with van der Waals surface area (Å²) in [6.07, 6.45) is 5.56. The SMILES string of the molecule is C[C@H]1CCCC[C@H]1S. The summed E-state index contributed by atoms with van der Waals surface area (Å²) < 4.78 is 0. The van der Waals surface area contributed by atoms with Crippen molar-refractivity contribution < 1.29 is 0 Å². The normalized spacial score (nSPS) is 39.8. The molecule has 1 aliphatic rings. The van der Waals surface area contributed by atoms with E-state index in [4.69, 9.17) is 0 Å². The molecule has 0 saturated heterocycles. The molecule has 0 heterocycles. The molecule has 1 heteroatoms. The van der Waals surface area contributed by atoms with Crippen LogP contribution in [0.5, 0.6) is 0 Å². The number of thiol groups is 1. The van der Waals surface area contributed by atoms with Crippen LogP contribution in [0.4, 0.5) is 0 Å². The zero-order valence-corrected chi connectivity index (χ0v) is 6.32. The Bertz CT molecular complexity index is 60.8. The van der Waals surface area contributed by atoms with Crippen molar-refractivity contribution in [3.05, 3.63) is 0 Å². The Balaban J connectivity index is 2.28. The molecule has 0 amide bonds. The summed E-state index contributed by atoms with van der Waals surface area (Å²) in [6, 6.07) is 0. The van der Waals surface area contributed by atoms with Crippen LogP contribution in [0.2, 0.25) is 0 Å². The molecule has 0 aromatic carbocycles. The van der Waals surface area contributed by atoms with Crippen molar-refractivity contribution in [3.8, 4) is 0 Å². The molecule has 0 aromatic rings. The lowest BCUT2D eigenvalue weighted by molar-refractivity contribution is 0.399. The van der Waals surface area contributed by atoms with Gasteiger partial charge in [-0.3, -0.25) is 0 Å². The molecule has 0 unspecified atom stereocenters. The maximum Gasteiger partial charge on any atom is 0.00424 e. The zero-order chi connectivity index (χ0) is 5.98. The highest BCUT2D eigenvalue weighted by Gasteiger charge is 2.16. The molecule has 48 valence electrons. The third-order valence-corrected chi connectivity index (χ3v) is 2.83. The van der Waals surface area contributed by atoms with Crippen molar-refractivity contribution in [2.45, 2.75) is 37.9 Å². The van der Waals surface area contributed by atoms with Crippen molar-refractivity contribution in [2.24, 2.45) is 5.92 Å². The van der Waals surface area contributed by atoms with Crippen LogP contribution in [-0.2, 0) is 0 Å². The molecule has 0 aliphatic heterocycles. The van der Waals surface area contributed by atoms with Gasteiger partial charge in [-0.25, -0.2) is 0 Å². The van der Waals surface area contributed by atoms with E-state index in [1.54, 1.807) is 0 Å². The Hall–Kier alpha value is 0.350. The minimum Gasteiger partial charge on any atom is -0.176 e. The van der Waals surface area contributed by atoms with Crippen molar-refractivity contribution in [1.82, 2.24) is 0 Å². The second-order valence-corrected chi connectivity index (χ2v) is 3.49. The largest absolute Gasteiger partial charge is 0.176 e. The van der Waals surface area contributed by atoms with Gasteiger partial charge in [0.25, 0.3) is 0 Å². The van der Waals surface area contributed by atoms with E-state index in [0.29, 0.717) is 5.25 Å². The molecule has 1 aliphatic carbocycles. The van der Waals surface area contributed by atoms with E-state index >= 15 is 0 Å². The molecular weight excluding hydrogens is 116 g/mol. The second kappa shape index (κ2) is 2.77. The van der Waals surface area contributed by atoms with Crippen LogP contribution in [0.15, 0.2) is 0 Å². The summed E-state index contributed by atoms with van der Waals surface area (Å²) >= 11 is 4.46. The van der Waals surface area contributed by atoms with Gasteiger partial charge in [0.15, 0.2) is 0 Å². The fourth-order valence-electron chi connectivity index (χ4n) is 1.30. The minimum absolute atomic E-state index is 0.698. The van der Waals surface area contributed by atoms with Gasteiger partial charge < -0.3 is 0 Å². The maximum absolute atomic E-state index is 4.46. The standard InChI is InChI=1S/C7H14S/c1-6-4-2-3-5-7(6)8/h6-8H,2-5H2,1H3/t6-,7+/m0/s1. The van der Waals surface area contributed by atoms with Gasteiger partial charge in [0, 0.05) is 5.25 Å². The van der Waals surface area contributed by atoms with E-state index in [9.17, 15) is 0 Å². The predicted octanol–water partition coefficient (Wildman–Crippen LogP) is 2.49. The third-order valence-electron chi connectivity index (χ3n) is 2.07. The first kappa shape index (κ1) is 6.47. The van der Waals surface area contributed by atoms with Gasteiger partial charge in [-0.2, -0.15) is 12.6 Å². The van der Waals surface area contributed by atoms with Crippen molar-refractivity contribution in [3.63, 3.8) is 0 Å². The van der Waals surface area contributed by atoms with E-state index < -0.39 is 0 Å². The Morgan fingerprint density at radius 1 is 1.25 bits per heavy atom. The monoisotopic (exact) mass is 130 g/mol. The van der Waals surface area contributed by atoms with Crippen LogP contribution in [-0.4, -0.2) is 5.25 Å². The lowest BCUT2D eigenvalue weighted by Crippen LogP contribution is -2.15. The second-order valence-electron chi connectivity index (χ2n) is 2.83. The fraction of sp³-hybridized carbons (Fsp3) is 1.00. The van der Waals surface area contributed by atoms with E-state index in [-0.39, 0.29) is 0 Å². The zero-order valence-electron chi connectivity index (χ0n) is 5.43. The Morgan fingerprint density at radius 2 is 1.88 bits per heavy atom. The summed E-state index contributed by atoms with van der Waals surface area (Å²) in [6.45, 7) is 2.30. The first-order chi connectivity index (χ1) is 3.80. The van der Waals surface area contributed by atoms with Gasteiger partial charge in [-0.05, 0) is 18.8 Å². The molecule has 0 spiro atoms. The molecule has 8 heavy (non-hydrogen) atoms. The van der Waals surface area contributed by atoms with Crippen LogP contribution in [0.25, 0.3) is 0 Å². The molecule has 2 atom stereocenters. The number of hydrogen-bond acceptors (Lipinski definition) is 1. The van der Waals surface area contributed by atoms with Gasteiger partial charge in [0.05, 0.1) is 0 Å². The van der Waals surface area contributed by atoms with Crippen LogP contribution < -0.4 is 0 Å². The molecular formula is C7H14S. The Kier molecular flexibility index (Phi) is 2.24. The van der Waals surface area contributed by atoms with E-state index in [1.165, 1.54) is 25.7 Å². The first-order valence-electron chi connectivity index (χ1n) is 3.49. The molecule has 1 rings (SSSR count). The van der Waals surface area contributed by atoms with Crippen molar-refractivity contribution in [2.75, 3.05) is 0 Å². The summed E-state index contributed by atoms with van der Waals surface area (Å²) in [5.74, 6) is 0.868. The van der Waals surface area contributed by atoms with Crippen molar-refractivity contribution in [1.29, 1.82) is 0 Å². The quantitative estimate of drug-likeness (QED) is 0.478. The lowest BCUT2D eigenvalue weighted by atomic mass is 9.90. The van der Waals surface area contributed by atoms with Crippen LogP contribution in [0, 0.1) is 5.92 Å². The number of rotatable bonds is 0. The summed E-state index contributed by atoms with van der Waals surface area (Å²) in [4.78, 5) is 0. The van der Waals surface area contributed by atoms with E-state index in [1.807, 2.05) is 0 Å². The van der Waals surface area contributed by atoms with Crippen LogP contribution in [0.3, 0.4) is 0 Å². The van der Waals surface area contributed by atoms with Gasteiger partial charge in [0.2, 0.25) is 0 Å². The first-order valence-corrected chi connectivity index (χ1v) is 4.00. The Morgan fingerprint density at radius 3 is 2.25 bits per heavy atom. The smallest absolute Gasteiger partial charge is 0.00424 e. The molecule has 0 radical (unpaired) electrons. The van der Waals surface area contributed by atoms with Gasteiger partial charge in [-0.1, -0.05) is 19.8 Å². The highest BCUT2D eigenvalue weighted by atomic mass is 32.1. The van der Waals surface area contributed by atoms with Gasteiger partial charge in [0.1, 0.15) is 0 Å². The maximum atomic E-state index is 4.46. The highest BCUT2D eigenvalue weighted by molar-refractivity contribution is 7.81. The minimum atomic E-state index is 0.698. The van der Waals surface area contributed by atoms with Gasteiger partial charge >= 0.3 is 0 Å². The van der Waals surface area contributed by atoms with E-state index in [0.717, 1.165) is 5.92 Å². The Labute approximate surface area is 57.1 Å². The molecule has 1 fully saturated rings. The molecule has 1 saturated carbocycles. The molecule has 0 aromatic heterocycles. The predicted molar refractivity (Wildman–Crippen MR) is 40.4 cm³/mol.